The average molecular weight is 247 g/mol. The standard InChI is InChI=1S/C11H13N5O2/c1-13-10-3-2-9(14-15-10)11(17)16-4-5-18-8(6-12)7-16/h2-3,8H,4-5,7H2,1H3,(H,13,15). The van der Waals surface area contributed by atoms with Gasteiger partial charge in [0.25, 0.3) is 5.91 Å². The molecule has 0 aliphatic carbocycles. The maximum Gasteiger partial charge on any atom is 0.274 e. The SMILES string of the molecule is CNc1ccc(C(=O)N2CCOC(C#N)C2)nn1. The van der Waals surface area contributed by atoms with E-state index in [-0.39, 0.29) is 18.1 Å². The Morgan fingerprint density at radius 1 is 1.61 bits per heavy atom. The van der Waals surface area contributed by atoms with E-state index in [1.54, 1.807) is 24.1 Å². The molecule has 1 N–H and O–H groups in total. The highest BCUT2D eigenvalue weighted by Gasteiger charge is 2.25. The number of nitrogens with zero attached hydrogens (tertiary/aromatic N) is 4. The van der Waals surface area contributed by atoms with Gasteiger partial charge in [-0.15, -0.1) is 10.2 Å². The first-order valence-electron chi connectivity index (χ1n) is 5.56. The number of ether oxygens (including phenoxy) is 1. The lowest BCUT2D eigenvalue weighted by Crippen LogP contribution is -2.45. The fourth-order valence-electron chi connectivity index (χ4n) is 1.65. The van der Waals surface area contributed by atoms with Crippen LogP contribution in [-0.2, 0) is 4.74 Å². The number of nitriles is 1. The molecule has 0 saturated carbocycles. The van der Waals surface area contributed by atoms with Gasteiger partial charge in [0.1, 0.15) is 5.82 Å². The molecular weight excluding hydrogens is 234 g/mol. The Kier molecular flexibility index (Phi) is 3.69. The zero-order chi connectivity index (χ0) is 13.0. The second kappa shape index (κ2) is 5.42. The minimum Gasteiger partial charge on any atom is -0.372 e. The van der Waals surface area contributed by atoms with Crippen molar-refractivity contribution in [3.63, 3.8) is 0 Å². The lowest BCUT2D eigenvalue weighted by Gasteiger charge is -2.29. The van der Waals surface area contributed by atoms with Crippen molar-refractivity contribution in [1.82, 2.24) is 15.1 Å². The number of rotatable bonds is 2. The van der Waals surface area contributed by atoms with E-state index in [4.69, 9.17) is 10.00 Å². The van der Waals surface area contributed by atoms with Crippen LogP contribution in [0.2, 0.25) is 0 Å². The summed E-state index contributed by atoms with van der Waals surface area (Å²) >= 11 is 0. The van der Waals surface area contributed by atoms with Crippen LogP contribution in [0.25, 0.3) is 0 Å². The molecule has 1 unspecified atom stereocenters. The number of carbonyl (C=O) groups excluding carboxylic acids is 1. The summed E-state index contributed by atoms with van der Waals surface area (Å²) in [6, 6.07) is 5.29. The van der Waals surface area contributed by atoms with E-state index in [1.165, 1.54) is 0 Å². The molecule has 1 aliphatic heterocycles. The molecule has 0 spiro atoms. The number of morpholine rings is 1. The van der Waals surface area contributed by atoms with Gasteiger partial charge in [0.05, 0.1) is 19.2 Å². The highest BCUT2D eigenvalue weighted by Crippen LogP contribution is 2.09. The van der Waals surface area contributed by atoms with Gasteiger partial charge in [-0.05, 0) is 12.1 Å². The lowest BCUT2D eigenvalue weighted by molar-refractivity contribution is 0.00315. The number of hydrogen-bond donors (Lipinski definition) is 1. The predicted molar refractivity (Wildman–Crippen MR) is 62.8 cm³/mol. The van der Waals surface area contributed by atoms with Gasteiger partial charge < -0.3 is 15.0 Å². The van der Waals surface area contributed by atoms with Crippen LogP contribution in [0, 0.1) is 11.3 Å². The quantitative estimate of drug-likeness (QED) is 0.783. The molecule has 1 aromatic rings. The second-order valence-electron chi connectivity index (χ2n) is 3.79. The molecular formula is C11H13N5O2. The zero-order valence-electron chi connectivity index (χ0n) is 9.96. The van der Waals surface area contributed by atoms with Crippen LogP contribution in [0.1, 0.15) is 10.5 Å². The summed E-state index contributed by atoms with van der Waals surface area (Å²) in [6.45, 7) is 1.10. The first-order valence-corrected chi connectivity index (χ1v) is 5.56. The van der Waals surface area contributed by atoms with Crippen molar-refractivity contribution in [1.29, 1.82) is 5.26 Å². The number of nitrogens with one attached hydrogen (secondary N) is 1. The van der Waals surface area contributed by atoms with Crippen LogP contribution >= 0.6 is 0 Å². The van der Waals surface area contributed by atoms with Crippen molar-refractivity contribution in [3.8, 4) is 6.07 Å². The monoisotopic (exact) mass is 247 g/mol. The highest BCUT2D eigenvalue weighted by molar-refractivity contribution is 5.92. The molecule has 1 aromatic heterocycles. The molecule has 7 nitrogen and oxygen atoms in total. The van der Waals surface area contributed by atoms with E-state index in [0.29, 0.717) is 19.0 Å². The fourth-order valence-corrected chi connectivity index (χ4v) is 1.65. The average Bonchev–Trinajstić information content (AvgIpc) is 2.46. The van der Waals surface area contributed by atoms with Gasteiger partial charge in [-0.2, -0.15) is 5.26 Å². The lowest BCUT2D eigenvalue weighted by atomic mass is 10.2. The molecule has 1 aliphatic rings. The largest absolute Gasteiger partial charge is 0.372 e. The first-order chi connectivity index (χ1) is 8.74. The Hall–Kier alpha value is -2.20. The summed E-state index contributed by atoms with van der Waals surface area (Å²) in [6.07, 6.45) is -0.563. The van der Waals surface area contributed by atoms with Crippen LogP contribution in [0.15, 0.2) is 12.1 Å². The van der Waals surface area contributed by atoms with Crippen molar-refractivity contribution in [2.75, 3.05) is 32.1 Å². The van der Waals surface area contributed by atoms with E-state index in [9.17, 15) is 4.79 Å². The second-order valence-corrected chi connectivity index (χ2v) is 3.79. The van der Waals surface area contributed by atoms with Crippen LogP contribution in [-0.4, -0.2) is 53.9 Å². The van der Waals surface area contributed by atoms with Crippen LogP contribution < -0.4 is 5.32 Å². The van der Waals surface area contributed by atoms with E-state index < -0.39 is 6.10 Å². The number of hydrogen-bond acceptors (Lipinski definition) is 6. The van der Waals surface area contributed by atoms with Crippen LogP contribution in [0.3, 0.4) is 0 Å². The van der Waals surface area contributed by atoms with E-state index in [2.05, 4.69) is 15.5 Å². The predicted octanol–water partition coefficient (Wildman–Crippen LogP) is -0.117. The topological polar surface area (TPSA) is 91.1 Å². The molecule has 1 fully saturated rings. The summed E-state index contributed by atoms with van der Waals surface area (Å²) in [5.74, 6) is 0.372. The van der Waals surface area contributed by atoms with E-state index in [0.717, 1.165) is 0 Å². The molecule has 1 atom stereocenters. The maximum absolute atomic E-state index is 12.1. The third-order valence-corrected chi connectivity index (χ3v) is 2.64. The van der Waals surface area contributed by atoms with Gasteiger partial charge in [-0.3, -0.25) is 4.79 Å². The Labute approximate surface area is 104 Å². The molecule has 2 rings (SSSR count). The molecule has 2 heterocycles. The fraction of sp³-hybridized carbons (Fsp3) is 0.455. The highest BCUT2D eigenvalue weighted by atomic mass is 16.5. The molecule has 94 valence electrons. The van der Waals surface area contributed by atoms with Crippen molar-refractivity contribution in [3.05, 3.63) is 17.8 Å². The molecule has 0 aromatic carbocycles. The Bertz CT molecular complexity index is 467. The number of aromatic nitrogens is 2. The zero-order valence-corrected chi connectivity index (χ0v) is 9.96. The summed E-state index contributed by atoms with van der Waals surface area (Å²) in [5.41, 5.74) is 0.271. The van der Waals surface area contributed by atoms with Crippen LogP contribution in [0.4, 0.5) is 5.82 Å². The number of carbonyl (C=O) groups is 1. The van der Waals surface area contributed by atoms with Gasteiger partial charge in [0, 0.05) is 13.6 Å². The van der Waals surface area contributed by atoms with Crippen molar-refractivity contribution >= 4 is 11.7 Å². The molecule has 1 saturated heterocycles. The van der Waals surface area contributed by atoms with Crippen molar-refractivity contribution in [2.45, 2.75) is 6.10 Å². The summed E-state index contributed by atoms with van der Waals surface area (Å²) in [4.78, 5) is 13.7. The summed E-state index contributed by atoms with van der Waals surface area (Å²) in [7, 11) is 1.73. The molecule has 1 amide bonds. The first kappa shape index (κ1) is 12.3. The molecule has 18 heavy (non-hydrogen) atoms. The van der Waals surface area contributed by atoms with Gasteiger partial charge in [0.15, 0.2) is 11.8 Å². The summed E-state index contributed by atoms with van der Waals surface area (Å²) in [5, 5.41) is 19.3. The van der Waals surface area contributed by atoms with Crippen molar-refractivity contribution in [2.24, 2.45) is 0 Å². The third kappa shape index (κ3) is 2.55. The normalized spacial score (nSPS) is 19.1. The van der Waals surface area contributed by atoms with Crippen molar-refractivity contribution < 1.29 is 9.53 Å². The van der Waals surface area contributed by atoms with Crippen LogP contribution in [0.5, 0.6) is 0 Å². The molecule has 7 heteroatoms. The Morgan fingerprint density at radius 3 is 3.06 bits per heavy atom. The van der Waals surface area contributed by atoms with E-state index in [1.807, 2.05) is 6.07 Å². The molecule has 0 bridgehead atoms. The minimum atomic E-state index is -0.563. The van der Waals surface area contributed by atoms with Gasteiger partial charge in [-0.25, -0.2) is 0 Å². The van der Waals surface area contributed by atoms with Gasteiger partial charge >= 0.3 is 0 Å². The minimum absolute atomic E-state index is 0.228. The smallest absolute Gasteiger partial charge is 0.274 e. The maximum atomic E-state index is 12.1. The third-order valence-electron chi connectivity index (χ3n) is 2.64. The molecule has 0 radical (unpaired) electrons. The Morgan fingerprint density at radius 2 is 2.44 bits per heavy atom. The number of anilines is 1. The summed E-state index contributed by atoms with van der Waals surface area (Å²) < 4.78 is 5.18. The van der Waals surface area contributed by atoms with Gasteiger partial charge in [-0.1, -0.05) is 0 Å². The number of amides is 1. The Balaban J connectivity index is 2.08. The van der Waals surface area contributed by atoms with Gasteiger partial charge in [0.2, 0.25) is 0 Å². The van der Waals surface area contributed by atoms with E-state index >= 15 is 0 Å².